The number of hydrogen-bond donors (Lipinski definition) is 1. The maximum Gasteiger partial charge on any atom is 0.243 e. The van der Waals surface area contributed by atoms with Gasteiger partial charge in [-0.05, 0) is 24.6 Å². The van der Waals surface area contributed by atoms with Crippen LogP contribution in [-0.2, 0) is 22.7 Å². The van der Waals surface area contributed by atoms with Crippen LogP contribution in [0.1, 0.15) is 16.7 Å². The van der Waals surface area contributed by atoms with E-state index in [9.17, 15) is 9.18 Å². The van der Waals surface area contributed by atoms with Crippen molar-refractivity contribution < 1.29 is 13.9 Å². The second kappa shape index (κ2) is 7.15. The van der Waals surface area contributed by atoms with Gasteiger partial charge >= 0.3 is 0 Å². The summed E-state index contributed by atoms with van der Waals surface area (Å²) < 4.78 is 19.3. The lowest BCUT2D eigenvalue weighted by Gasteiger charge is -2.20. The van der Waals surface area contributed by atoms with Crippen LogP contribution in [0.2, 0.25) is 0 Å². The summed E-state index contributed by atoms with van der Waals surface area (Å²) in [5.41, 5.74) is 2.97. The first-order valence-electron chi connectivity index (χ1n) is 7.51. The summed E-state index contributed by atoms with van der Waals surface area (Å²) in [4.78, 5) is 13.5. The summed E-state index contributed by atoms with van der Waals surface area (Å²) in [7, 11) is 0. The van der Waals surface area contributed by atoms with Crippen molar-refractivity contribution in [3.63, 3.8) is 0 Å². The van der Waals surface area contributed by atoms with Crippen LogP contribution >= 0.6 is 11.8 Å². The normalized spacial score (nSPS) is 14.5. The molecule has 1 saturated heterocycles. The highest BCUT2D eigenvalue weighted by Gasteiger charge is 2.30. The van der Waals surface area contributed by atoms with Gasteiger partial charge in [0.1, 0.15) is 5.82 Å². The quantitative estimate of drug-likeness (QED) is 0.896. The van der Waals surface area contributed by atoms with Crippen LogP contribution in [0.15, 0.2) is 42.5 Å². The number of ether oxygens (including phenoxy) is 1. The van der Waals surface area contributed by atoms with Gasteiger partial charge in [0.15, 0.2) is 5.17 Å². The van der Waals surface area contributed by atoms with E-state index in [1.165, 1.54) is 22.7 Å². The van der Waals surface area contributed by atoms with Gasteiger partial charge in [0.2, 0.25) is 5.91 Å². The second-order valence-corrected chi connectivity index (χ2v) is 6.50. The van der Waals surface area contributed by atoms with Gasteiger partial charge in [-0.25, -0.2) is 4.39 Å². The van der Waals surface area contributed by atoms with Crippen molar-refractivity contribution in [1.29, 1.82) is 5.41 Å². The van der Waals surface area contributed by atoms with Crippen LogP contribution in [-0.4, -0.2) is 16.8 Å². The summed E-state index contributed by atoms with van der Waals surface area (Å²) in [6.07, 6.45) is 0. The molecule has 0 saturated carbocycles. The zero-order valence-corrected chi connectivity index (χ0v) is 14.0. The zero-order valence-electron chi connectivity index (χ0n) is 13.2. The van der Waals surface area contributed by atoms with Crippen molar-refractivity contribution in [2.45, 2.75) is 20.1 Å². The molecule has 0 atom stereocenters. The van der Waals surface area contributed by atoms with Crippen molar-refractivity contribution in [3.8, 4) is 0 Å². The van der Waals surface area contributed by atoms with Gasteiger partial charge in [-0.3, -0.25) is 15.1 Å². The zero-order chi connectivity index (χ0) is 17.1. The summed E-state index contributed by atoms with van der Waals surface area (Å²) >= 11 is 1.21. The molecule has 24 heavy (non-hydrogen) atoms. The van der Waals surface area contributed by atoms with Crippen molar-refractivity contribution in [3.05, 3.63) is 65.0 Å². The predicted octanol–water partition coefficient (Wildman–Crippen LogP) is 3.87. The highest BCUT2D eigenvalue weighted by molar-refractivity contribution is 8.15. The number of carbonyl (C=O) groups excluding carboxylic acids is 1. The van der Waals surface area contributed by atoms with Crippen LogP contribution in [0.5, 0.6) is 0 Å². The molecule has 4 nitrogen and oxygen atoms in total. The average molecular weight is 344 g/mol. The first-order valence-corrected chi connectivity index (χ1v) is 8.50. The Bertz CT molecular complexity index is 778. The number of nitrogens with one attached hydrogen (secondary N) is 1. The van der Waals surface area contributed by atoms with E-state index in [1.807, 2.05) is 25.1 Å². The smallest absolute Gasteiger partial charge is 0.243 e. The number of amidine groups is 1. The van der Waals surface area contributed by atoms with Gasteiger partial charge in [0.25, 0.3) is 0 Å². The van der Waals surface area contributed by atoms with Crippen LogP contribution in [0.4, 0.5) is 10.1 Å². The van der Waals surface area contributed by atoms with Gasteiger partial charge in [0, 0.05) is 11.1 Å². The third-order valence-electron chi connectivity index (χ3n) is 3.74. The summed E-state index contributed by atoms with van der Waals surface area (Å²) in [6.45, 7) is 2.33. The lowest BCUT2D eigenvalue weighted by molar-refractivity contribution is -0.115. The van der Waals surface area contributed by atoms with Crippen LogP contribution < -0.4 is 4.90 Å². The number of amides is 1. The van der Waals surface area contributed by atoms with E-state index in [-0.39, 0.29) is 35.9 Å². The third kappa shape index (κ3) is 3.49. The highest BCUT2D eigenvalue weighted by atomic mass is 32.2. The Labute approximate surface area is 144 Å². The molecule has 0 unspecified atom stereocenters. The Hall–Kier alpha value is -2.18. The Morgan fingerprint density at radius 3 is 2.67 bits per heavy atom. The fourth-order valence-electron chi connectivity index (χ4n) is 2.51. The van der Waals surface area contributed by atoms with Crippen molar-refractivity contribution in [2.75, 3.05) is 10.7 Å². The molecule has 0 aliphatic carbocycles. The number of anilines is 1. The Morgan fingerprint density at radius 2 is 1.96 bits per heavy atom. The van der Waals surface area contributed by atoms with E-state index in [1.54, 1.807) is 18.2 Å². The fraction of sp³-hybridized carbons (Fsp3) is 0.222. The number of aryl methyl sites for hydroxylation is 1. The number of nitrogens with zero attached hydrogens (tertiary/aromatic N) is 1. The maximum atomic E-state index is 13.6. The predicted molar refractivity (Wildman–Crippen MR) is 93.7 cm³/mol. The molecule has 0 radical (unpaired) electrons. The van der Waals surface area contributed by atoms with Crippen molar-refractivity contribution in [2.24, 2.45) is 0 Å². The number of hydrogen-bond acceptors (Lipinski definition) is 4. The second-order valence-electron chi connectivity index (χ2n) is 5.54. The molecule has 0 bridgehead atoms. The number of thioether (sulfide) groups is 1. The third-order valence-corrected chi connectivity index (χ3v) is 4.59. The number of rotatable bonds is 5. The first-order chi connectivity index (χ1) is 11.6. The van der Waals surface area contributed by atoms with E-state index >= 15 is 0 Å². The monoisotopic (exact) mass is 344 g/mol. The van der Waals surface area contributed by atoms with E-state index in [0.29, 0.717) is 11.3 Å². The lowest BCUT2D eigenvalue weighted by Crippen LogP contribution is -2.29. The van der Waals surface area contributed by atoms with E-state index in [0.717, 1.165) is 11.1 Å². The summed E-state index contributed by atoms with van der Waals surface area (Å²) in [5, 5.41) is 8.18. The Balaban J connectivity index is 1.77. The van der Waals surface area contributed by atoms with Crippen LogP contribution in [0.3, 0.4) is 0 Å². The molecule has 1 aliphatic heterocycles. The molecule has 6 heteroatoms. The molecule has 1 amide bonds. The standard InChI is InChI=1S/C18H17FN2O2S/c1-12-6-7-14(10-23-9-13-4-2-3-5-15(13)19)16(8-12)21-17(22)11-24-18(21)20/h2-8,20H,9-11H2,1H3. The molecule has 0 aromatic heterocycles. The maximum absolute atomic E-state index is 13.6. The molecule has 124 valence electrons. The molecule has 0 spiro atoms. The van der Waals surface area contributed by atoms with E-state index in [4.69, 9.17) is 10.1 Å². The summed E-state index contributed by atoms with van der Waals surface area (Å²) in [5.74, 6) is -0.122. The minimum absolute atomic E-state index is 0.106. The fourth-order valence-corrected chi connectivity index (χ4v) is 3.23. The molecule has 1 aliphatic rings. The number of benzene rings is 2. The Morgan fingerprint density at radius 1 is 1.21 bits per heavy atom. The van der Waals surface area contributed by atoms with Gasteiger partial charge in [-0.15, -0.1) is 0 Å². The Kier molecular flexibility index (Phi) is 4.97. The van der Waals surface area contributed by atoms with E-state index in [2.05, 4.69) is 0 Å². The molecule has 1 heterocycles. The molecule has 1 fully saturated rings. The largest absolute Gasteiger partial charge is 0.372 e. The molecule has 2 aromatic carbocycles. The number of carbonyl (C=O) groups is 1. The topological polar surface area (TPSA) is 53.4 Å². The van der Waals surface area contributed by atoms with Gasteiger partial charge in [-0.2, -0.15) is 0 Å². The van der Waals surface area contributed by atoms with Crippen molar-refractivity contribution >= 4 is 28.5 Å². The molecule has 3 rings (SSSR count). The van der Waals surface area contributed by atoms with Crippen molar-refractivity contribution in [1.82, 2.24) is 0 Å². The molecule has 1 N–H and O–H groups in total. The minimum Gasteiger partial charge on any atom is -0.372 e. The minimum atomic E-state index is -0.297. The van der Waals surface area contributed by atoms with Crippen LogP contribution in [0.25, 0.3) is 0 Å². The van der Waals surface area contributed by atoms with Crippen LogP contribution in [0, 0.1) is 18.2 Å². The van der Waals surface area contributed by atoms with Gasteiger partial charge < -0.3 is 4.74 Å². The lowest BCUT2D eigenvalue weighted by atomic mass is 10.1. The van der Waals surface area contributed by atoms with E-state index < -0.39 is 0 Å². The molecular weight excluding hydrogens is 327 g/mol. The molecular formula is C18H17FN2O2S. The number of halogens is 1. The SMILES string of the molecule is Cc1ccc(COCc2ccccc2F)c(N2C(=N)SCC2=O)c1. The highest BCUT2D eigenvalue weighted by Crippen LogP contribution is 2.30. The summed E-state index contributed by atoms with van der Waals surface area (Å²) in [6, 6.07) is 12.2. The average Bonchev–Trinajstić information content (AvgIpc) is 2.89. The van der Waals surface area contributed by atoms with Gasteiger partial charge in [-0.1, -0.05) is 42.1 Å². The van der Waals surface area contributed by atoms with Gasteiger partial charge in [0.05, 0.1) is 24.7 Å². The molecule has 2 aromatic rings. The first kappa shape index (κ1) is 16.7.